The summed E-state index contributed by atoms with van der Waals surface area (Å²) in [5.74, 6) is -1.09. The lowest BCUT2D eigenvalue weighted by Crippen LogP contribution is -2.53. The highest BCUT2D eigenvalue weighted by Gasteiger charge is 2.28. The molecule has 6 heteroatoms. The molecular weight excluding hydrogens is 416 g/mol. The summed E-state index contributed by atoms with van der Waals surface area (Å²) in [6.45, 7) is 10.3. The van der Waals surface area contributed by atoms with E-state index in [1.807, 2.05) is 56.3 Å². The number of rotatable bonds is 9. The highest BCUT2D eigenvalue weighted by atomic mass is 16.5. The van der Waals surface area contributed by atoms with Gasteiger partial charge in [0.1, 0.15) is 12.1 Å². The molecule has 2 aromatic carbocycles. The molecule has 33 heavy (non-hydrogen) atoms. The van der Waals surface area contributed by atoms with Gasteiger partial charge in [0.15, 0.2) is 0 Å². The van der Waals surface area contributed by atoms with Crippen LogP contribution in [0.3, 0.4) is 0 Å². The van der Waals surface area contributed by atoms with Gasteiger partial charge in [0.2, 0.25) is 5.91 Å². The summed E-state index contributed by atoms with van der Waals surface area (Å²) in [6.07, 6.45) is 0.743. The predicted octanol–water partition coefficient (Wildman–Crippen LogP) is 4.03. The second kappa shape index (κ2) is 11.6. The van der Waals surface area contributed by atoms with E-state index in [4.69, 9.17) is 4.74 Å². The summed E-state index contributed by atoms with van der Waals surface area (Å²) in [6, 6.07) is 15.2. The van der Waals surface area contributed by atoms with Gasteiger partial charge in [0.25, 0.3) is 5.91 Å². The van der Waals surface area contributed by atoms with Crippen molar-refractivity contribution in [2.24, 2.45) is 5.92 Å². The largest absolute Gasteiger partial charge is 0.467 e. The number of carbonyl (C=O) groups is 3. The second-order valence-electron chi connectivity index (χ2n) is 9.76. The predicted molar refractivity (Wildman–Crippen MR) is 130 cm³/mol. The number of esters is 1. The standard InChI is InChI=1S/C27H36N2O4/c1-18(2)16-23(26(32)33-6)29-25(31)22(17-19-10-8-7-9-11-19)28-24(30)20-12-14-21(15-13-20)27(3,4)5/h7-15,18,22-23H,16-17H2,1-6H3,(H,28,30)(H,29,31)/t22-,23+/m1/s1. The SMILES string of the molecule is COC(=O)[C@H](CC(C)C)NC(=O)[C@@H](Cc1ccccc1)NC(=O)c1ccc(C(C)(C)C)cc1. The fourth-order valence-electron chi connectivity index (χ4n) is 3.52. The molecule has 2 rings (SSSR count). The van der Waals surface area contributed by atoms with Crippen molar-refractivity contribution in [2.75, 3.05) is 7.11 Å². The van der Waals surface area contributed by atoms with Gasteiger partial charge in [-0.25, -0.2) is 4.79 Å². The number of hydrogen-bond donors (Lipinski definition) is 2. The molecule has 2 N–H and O–H groups in total. The van der Waals surface area contributed by atoms with Crippen LogP contribution < -0.4 is 10.6 Å². The zero-order valence-corrected chi connectivity index (χ0v) is 20.5. The monoisotopic (exact) mass is 452 g/mol. The quantitative estimate of drug-likeness (QED) is 0.563. The third kappa shape index (κ3) is 8.04. The fraction of sp³-hybridized carbons (Fsp3) is 0.444. The van der Waals surface area contributed by atoms with Gasteiger partial charge in [-0.2, -0.15) is 0 Å². The van der Waals surface area contributed by atoms with E-state index in [1.54, 1.807) is 12.1 Å². The van der Waals surface area contributed by atoms with Crippen molar-refractivity contribution < 1.29 is 19.1 Å². The van der Waals surface area contributed by atoms with Gasteiger partial charge in [-0.3, -0.25) is 9.59 Å². The molecule has 2 aromatic rings. The fourth-order valence-corrected chi connectivity index (χ4v) is 3.52. The van der Waals surface area contributed by atoms with E-state index in [0.29, 0.717) is 18.4 Å². The third-order valence-electron chi connectivity index (χ3n) is 5.43. The third-order valence-corrected chi connectivity index (χ3v) is 5.43. The molecule has 0 saturated carbocycles. The van der Waals surface area contributed by atoms with Crippen LogP contribution in [-0.4, -0.2) is 37.0 Å². The summed E-state index contributed by atoms with van der Waals surface area (Å²) in [7, 11) is 1.30. The van der Waals surface area contributed by atoms with Crippen molar-refractivity contribution in [3.05, 3.63) is 71.3 Å². The topological polar surface area (TPSA) is 84.5 Å². The lowest BCUT2D eigenvalue weighted by atomic mass is 9.86. The normalized spacial score (nSPS) is 13.2. The zero-order chi connectivity index (χ0) is 24.6. The number of amides is 2. The molecule has 0 aliphatic rings. The molecule has 0 unspecified atom stereocenters. The minimum Gasteiger partial charge on any atom is -0.467 e. The van der Waals surface area contributed by atoms with Crippen LogP contribution in [-0.2, 0) is 26.2 Å². The minimum absolute atomic E-state index is 0.0238. The van der Waals surface area contributed by atoms with E-state index in [-0.39, 0.29) is 17.2 Å². The average molecular weight is 453 g/mol. The number of hydrogen-bond acceptors (Lipinski definition) is 4. The Hall–Kier alpha value is -3.15. The first kappa shape index (κ1) is 26.1. The molecule has 0 aliphatic carbocycles. The summed E-state index contributed by atoms with van der Waals surface area (Å²) in [4.78, 5) is 38.4. The molecule has 0 bridgehead atoms. The van der Waals surface area contributed by atoms with Gasteiger partial charge in [-0.1, -0.05) is 77.1 Å². The van der Waals surface area contributed by atoms with Crippen LogP contribution in [0.1, 0.15) is 62.5 Å². The number of nitrogens with one attached hydrogen (secondary N) is 2. The van der Waals surface area contributed by atoms with Gasteiger partial charge >= 0.3 is 5.97 Å². The Morgan fingerprint density at radius 2 is 1.48 bits per heavy atom. The molecule has 2 amide bonds. The number of benzene rings is 2. The maximum absolute atomic E-state index is 13.2. The molecule has 0 spiro atoms. The number of carbonyl (C=O) groups excluding carboxylic acids is 3. The Bertz CT molecular complexity index is 931. The molecule has 0 radical (unpaired) electrons. The Balaban J connectivity index is 2.23. The van der Waals surface area contributed by atoms with Crippen molar-refractivity contribution >= 4 is 17.8 Å². The molecule has 2 atom stereocenters. The first-order chi connectivity index (χ1) is 15.5. The Morgan fingerprint density at radius 3 is 2.00 bits per heavy atom. The van der Waals surface area contributed by atoms with Crippen molar-refractivity contribution in [3.8, 4) is 0 Å². The lowest BCUT2D eigenvalue weighted by molar-refractivity contribution is -0.145. The second-order valence-corrected chi connectivity index (χ2v) is 9.76. The highest BCUT2D eigenvalue weighted by molar-refractivity contribution is 5.98. The summed E-state index contributed by atoms with van der Waals surface area (Å²) >= 11 is 0. The maximum Gasteiger partial charge on any atom is 0.328 e. The maximum atomic E-state index is 13.2. The van der Waals surface area contributed by atoms with Gasteiger partial charge in [0, 0.05) is 12.0 Å². The van der Waals surface area contributed by atoms with Crippen LogP contribution in [0.4, 0.5) is 0 Å². The lowest BCUT2D eigenvalue weighted by Gasteiger charge is -2.23. The molecular formula is C27H36N2O4. The minimum atomic E-state index is -0.846. The summed E-state index contributed by atoms with van der Waals surface area (Å²) in [5.41, 5.74) is 2.47. The first-order valence-corrected chi connectivity index (χ1v) is 11.3. The van der Waals surface area contributed by atoms with Crippen molar-refractivity contribution in [1.29, 1.82) is 0 Å². The first-order valence-electron chi connectivity index (χ1n) is 11.3. The molecule has 0 aromatic heterocycles. The van der Waals surface area contributed by atoms with E-state index in [9.17, 15) is 14.4 Å². The molecule has 0 aliphatic heterocycles. The smallest absolute Gasteiger partial charge is 0.328 e. The Labute approximate surface area is 197 Å². The number of ether oxygens (including phenoxy) is 1. The van der Waals surface area contributed by atoms with Crippen molar-refractivity contribution in [2.45, 2.75) is 65.0 Å². The van der Waals surface area contributed by atoms with Crippen LogP contribution >= 0.6 is 0 Å². The molecule has 0 fully saturated rings. The zero-order valence-electron chi connectivity index (χ0n) is 20.5. The van der Waals surface area contributed by atoms with Crippen LogP contribution in [0.15, 0.2) is 54.6 Å². The van der Waals surface area contributed by atoms with Gasteiger partial charge in [0.05, 0.1) is 7.11 Å². The van der Waals surface area contributed by atoms with Crippen molar-refractivity contribution in [1.82, 2.24) is 10.6 Å². The molecule has 178 valence electrons. The molecule has 0 heterocycles. The van der Waals surface area contributed by atoms with Crippen LogP contribution in [0.25, 0.3) is 0 Å². The average Bonchev–Trinajstić information content (AvgIpc) is 2.77. The summed E-state index contributed by atoms with van der Waals surface area (Å²) < 4.78 is 4.86. The molecule has 6 nitrogen and oxygen atoms in total. The van der Waals surface area contributed by atoms with Crippen LogP contribution in [0.5, 0.6) is 0 Å². The van der Waals surface area contributed by atoms with Gasteiger partial charge in [-0.15, -0.1) is 0 Å². The van der Waals surface area contributed by atoms with E-state index < -0.39 is 24.0 Å². The van der Waals surface area contributed by atoms with E-state index in [2.05, 4.69) is 31.4 Å². The van der Waals surface area contributed by atoms with Gasteiger partial charge < -0.3 is 15.4 Å². The Morgan fingerprint density at radius 1 is 0.879 bits per heavy atom. The highest BCUT2D eigenvalue weighted by Crippen LogP contribution is 2.22. The van der Waals surface area contributed by atoms with Gasteiger partial charge in [-0.05, 0) is 41.0 Å². The molecule has 0 saturated heterocycles. The van der Waals surface area contributed by atoms with Crippen LogP contribution in [0.2, 0.25) is 0 Å². The Kier molecular flexibility index (Phi) is 9.21. The van der Waals surface area contributed by atoms with E-state index in [1.165, 1.54) is 7.11 Å². The van der Waals surface area contributed by atoms with Crippen molar-refractivity contribution in [3.63, 3.8) is 0 Å². The van der Waals surface area contributed by atoms with E-state index in [0.717, 1.165) is 11.1 Å². The summed E-state index contributed by atoms with van der Waals surface area (Å²) in [5, 5.41) is 5.63. The van der Waals surface area contributed by atoms with Crippen LogP contribution in [0, 0.1) is 5.92 Å². The van der Waals surface area contributed by atoms with E-state index >= 15 is 0 Å². The number of methoxy groups -OCH3 is 1.